The van der Waals surface area contributed by atoms with Gasteiger partial charge >= 0.3 is 0 Å². The van der Waals surface area contributed by atoms with Gasteiger partial charge in [-0.3, -0.25) is 4.79 Å². The Hall–Kier alpha value is -2.20. The van der Waals surface area contributed by atoms with E-state index in [-0.39, 0.29) is 6.79 Å². The number of ether oxygens (including phenoxy) is 3. The molecule has 0 unspecified atom stereocenters. The number of carbonyl (C=O) groups is 1. The molecular formula is C15H11ClO4. The average molecular weight is 291 g/mol. The van der Waals surface area contributed by atoms with E-state index < -0.39 is 0 Å². The third kappa shape index (κ3) is 2.56. The molecule has 0 atom stereocenters. The number of carbonyl (C=O) groups excluding carboxylic acids is 1. The molecule has 0 bridgehead atoms. The van der Waals surface area contributed by atoms with E-state index in [0.717, 1.165) is 11.8 Å². The zero-order chi connectivity index (χ0) is 13.9. The highest BCUT2D eigenvalue weighted by Gasteiger charge is 2.17. The maximum atomic E-state index is 11.1. The lowest BCUT2D eigenvalue weighted by atomic mass is 10.2. The molecule has 2 aromatic rings. The molecule has 0 fully saturated rings. The van der Waals surface area contributed by atoms with Crippen LogP contribution in [0, 0.1) is 0 Å². The SMILES string of the molecule is O=Cc1cc2c(cc1OCc1ccc(Cl)cc1)OCO2. The fourth-order valence-electron chi connectivity index (χ4n) is 1.90. The number of hydrogen-bond acceptors (Lipinski definition) is 4. The van der Waals surface area contributed by atoms with Crippen molar-refractivity contribution in [3.63, 3.8) is 0 Å². The van der Waals surface area contributed by atoms with E-state index in [4.69, 9.17) is 25.8 Å². The van der Waals surface area contributed by atoms with E-state index in [2.05, 4.69) is 0 Å². The van der Waals surface area contributed by atoms with Crippen molar-refractivity contribution in [2.24, 2.45) is 0 Å². The number of rotatable bonds is 4. The molecule has 2 aromatic carbocycles. The van der Waals surface area contributed by atoms with Crippen LogP contribution in [0.15, 0.2) is 36.4 Å². The first-order valence-corrected chi connectivity index (χ1v) is 6.40. The van der Waals surface area contributed by atoms with Gasteiger partial charge in [0.25, 0.3) is 0 Å². The normalized spacial score (nSPS) is 12.2. The first kappa shape index (κ1) is 12.8. The first-order valence-electron chi connectivity index (χ1n) is 6.02. The molecule has 0 spiro atoms. The second-order valence-corrected chi connectivity index (χ2v) is 4.71. The Labute approximate surface area is 120 Å². The van der Waals surface area contributed by atoms with Gasteiger partial charge in [-0.05, 0) is 23.8 Å². The molecule has 3 rings (SSSR count). The summed E-state index contributed by atoms with van der Waals surface area (Å²) in [5.41, 5.74) is 1.40. The number of fused-ring (bicyclic) bond motifs is 1. The minimum absolute atomic E-state index is 0.161. The Morgan fingerprint density at radius 2 is 1.85 bits per heavy atom. The molecular weight excluding hydrogens is 280 g/mol. The van der Waals surface area contributed by atoms with Crippen LogP contribution in [-0.4, -0.2) is 13.1 Å². The molecule has 5 heteroatoms. The Kier molecular flexibility index (Phi) is 3.48. The molecule has 4 nitrogen and oxygen atoms in total. The Balaban J connectivity index is 1.80. The molecule has 1 heterocycles. The monoisotopic (exact) mass is 290 g/mol. The van der Waals surface area contributed by atoms with Crippen LogP contribution in [0.2, 0.25) is 5.02 Å². The lowest BCUT2D eigenvalue weighted by molar-refractivity contribution is 0.111. The summed E-state index contributed by atoms with van der Waals surface area (Å²) in [7, 11) is 0. The van der Waals surface area contributed by atoms with Gasteiger partial charge in [0, 0.05) is 11.1 Å². The predicted molar refractivity (Wildman–Crippen MR) is 73.7 cm³/mol. The smallest absolute Gasteiger partial charge is 0.231 e. The quantitative estimate of drug-likeness (QED) is 0.809. The van der Waals surface area contributed by atoms with Gasteiger partial charge in [-0.1, -0.05) is 23.7 Å². The van der Waals surface area contributed by atoms with Gasteiger partial charge in [-0.15, -0.1) is 0 Å². The second-order valence-electron chi connectivity index (χ2n) is 4.28. The zero-order valence-corrected chi connectivity index (χ0v) is 11.2. The topological polar surface area (TPSA) is 44.8 Å². The second kappa shape index (κ2) is 5.43. The lowest BCUT2D eigenvalue weighted by Gasteiger charge is -2.09. The molecule has 0 N–H and O–H groups in total. The highest BCUT2D eigenvalue weighted by Crippen LogP contribution is 2.37. The van der Waals surface area contributed by atoms with Crippen molar-refractivity contribution in [1.29, 1.82) is 0 Å². The van der Waals surface area contributed by atoms with E-state index in [0.29, 0.717) is 34.4 Å². The predicted octanol–water partition coefficient (Wildman–Crippen LogP) is 3.46. The largest absolute Gasteiger partial charge is 0.488 e. The maximum absolute atomic E-state index is 11.1. The highest BCUT2D eigenvalue weighted by atomic mass is 35.5. The molecule has 102 valence electrons. The van der Waals surface area contributed by atoms with Crippen molar-refractivity contribution in [1.82, 2.24) is 0 Å². The molecule has 0 saturated carbocycles. The van der Waals surface area contributed by atoms with Crippen molar-refractivity contribution in [3.05, 3.63) is 52.5 Å². The number of benzene rings is 2. The molecule has 0 radical (unpaired) electrons. The molecule has 20 heavy (non-hydrogen) atoms. The maximum Gasteiger partial charge on any atom is 0.231 e. The fourth-order valence-corrected chi connectivity index (χ4v) is 2.02. The molecule has 0 saturated heterocycles. The Bertz CT molecular complexity index is 637. The van der Waals surface area contributed by atoms with Crippen LogP contribution >= 0.6 is 11.6 Å². The number of halogens is 1. The van der Waals surface area contributed by atoms with Crippen molar-refractivity contribution < 1.29 is 19.0 Å². The molecule has 0 amide bonds. The van der Waals surface area contributed by atoms with Crippen molar-refractivity contribution in [2.75, 3.05) is 6.79 Å². The van der Waals surface area contributed by atoms with Crippen LogP contribution in [0.4, 0.5) is 0 Å². The van der Waals surface area contributed by atoms with Gasteiger partial charge < -0.3 is 14.2 Å². The van der Waals surface area contributed by atoms with Gasteiger partial charge in [-0.2, -0.15) is 0 Å². The van der Waals surface area contributed by atoms with Crippen LogP contribution < -0.4 is 14.2 Å². The summed E-state index contributed by atoms with van der Waals surface area (Å²) >= 11 is 5.82. The van der Waals surface area contributed by atoms with Gasteiger partial charge in [0.2, 0.25) is 6.79 Å². The Morgan fingerprint density at radius 1 is 1.15 bits per heavy atom. The minimum atomic E-state index is 0.161. The van der Waals surface area contributed by atoms with E-state index in [1.807, 2.05) is 12.1 Å². The van der Waals surface area contributed by atoms with Crippen LogP contribution in [0.3, 0.4) is 0 Å². The minimum Gasteiger partial charge on any atom is -0.488 e. The Morgan fingerprint density at radius 3 is 2.55 bits per heavy atom. The summed E-state index contributed by atoms with van der Waals surface area (Å²) in [6.45, 7) is 0.506. The summed E-state index contributed by atoms with van der Waals surface area (Å²) in [5.74, 6) is 1.62. The third-order valence-electron chi connectivity index (χ3n) is 2.94. The van der Waals surface area contributed by atoms with E-state index in [1.54, 1.807) is 24.3 Å². The third-order valence-corrected chi connectivity index (χ3v) is 3.19. The van der Waals surface area contributed by atoms with Crippen LogP contribution in [0.5, 0.6) is 17.2 Å². The summed E-state index contributed by atoms with van der Waals surface area (Å²) < 4.78 is 16.2. The molecule has 0 aliphatic carbocycles. The summed E-state index contributed by atoms with van der Waals surface area (Å²) in [4.78, 5) is 11.1. The van der Waals surface area contributed by atoms with Crippen LogP contribution in [0.25, 0.3) is 0 Å². The van der Waals surface area contributed by atoms with Crippen LogP contribution in [-0.2, 0) is 6.61 Å². The standard InChI is InChI=1S/C15H11ClO4/c16-12-3-1-10(2-4-12)8-18-13-6-15-14(19-9-20-15)5-11(13)7-17/h1-7H,8-9H2. The van der Waals surface area contributed by atoms with E-state index >= 15 is 0 Å². The molecule has 0 aromatic heterocycles. The van der Waals surface area contributed by atoms with Gasteiger partial charge in [0.05, 0.1) is 5.56 Å². The number of hydrogen-bond donors (Lipinski definition) is 0. The lowest BCUT2D eigenvalue weighted by Crippen LogP contribution is -1.98. The summed E-state index contributed by atoms with van der Waals surface area (Å²) in [6, 6.07) is 10.6. The van der Waals surface area contributed by atoms with Crippen LogP contribution in [0.1, 0.15) is 15.9 Å². The molecule has 1 aliphatic heterocycles. The van der Waals surface area contributed by atoms with E-state index in [9.17, 15) is 4.79 Å². The summed E-state index contributed by atoms with van der Waals surface area (Å²) in [5, 5.41) is 0.672. The van der Waals surface area contributed by atoms with Gasteiger partial charge in [0.15, 0.2) is 17.8 Å². The van der Waals surface area contributed by atoms with Crippen molar-refractivity contribution in [2.45, 2.75) is 6.61 Å². The zero-order valence-electron chi connectivity index (χ0n) is 10.5. The fraction of sp³-hybridized carbons (Fsp3) is 0.133. The summed E-state index contributed by atoms with van der Waals surface area (Å²) in [6.07, 6.45) is 0.735. The number of aldehydes is 1. The average Bonchev–Trinajstić information content (AvgIpc) is 2.92. The van der Waals surface area contributed by atoms with Crippen molar-refractivity contribution in [3.8, 4) is 17.2 Å². The highest BCUT2D eigenvalue weighted by molar-refractivity contribution is 6.30. The molecule has 1 aliphatic rings. The van der Waals surface area contributed by atoms with E-state index in [1.165, 1.54) is 0 Å². The first-order chi connectivity index (χ1) is 9.76. The van der Waals surface area contributed by atoms with Crippen molar-refractivity contribution >= 4 is 17.9 Å². The van der Waals surface area contributed by atoms with Gasteiger partial charge in [-0.25, -0.2) is 0 Å². The van der Waals surface area contributed by atoms with Gasteiger partial charge in [0.1, 0.15) is 12.4 Å².